The van der Waals surface area contributed by atoms with Gasteiger partial charge in [0.1, 0.15) is 0 Å². The molecule has 0 bridgehead atoms. The van der Waals surface area contributed by atoms with Gasteiger partial charge in [0.2, 0.25) is 11.8 Å². The van der Waals surface area contributed by atoms with Gasteiger partial charge in [0.15, 0.2) is 19.7 Å². The lowest BCUT2D eigenvalue weighted by atomic mass is 9.67. The van der Waals surface area contributed by atoms with Gasteiger partial charge in [0, 0.05) is 44.0 Å². The molecule has 2 amide bonds. The largest absolute Gasteiger partial charge is 0.481 e. The van der Waals surface area contributed by atoms with E-state index in [0.717, 1.165) is 47.9 Å². The van der Waals surface area contributed by atoms with Gasteiger partial charge in [-0.1, -0.05) is 135 Å². The van der Waals surface area contributed by atoms with Gasteiger partial charge in [-0.2, -0.15) is 0 Å². The van der Waals surface area contributed by atoms with Crippen molar-refractivity contribution in [3.63, 3.8) is 0 Å². The van der Waals surface area contributed by atoms with Crippen LogP contribution in [0, 0.1) is 16.7 Å². The summed E-state index contributed by atoms with van der Waals surface area (Å²) in [5, 5.41) is 20.8. The monoisotopic (exact) mass is 1160 g/mol. The van der Waals surface area contributed by atoms with Gasteiger partial charge >= 0.3 is 11.9 Å². The smallest absolute Gasteiger partial charge is 0.304 e. The fourth-order valence-electron chi connectivity index (χ4n) is 12.2. The molecule has 2 N–H and O–H groups in total. The molecule has 2 saturated carbocycles. The van der Waals surface area contributed by atoms with Crippen molar-refractivity contribution in [2.75, 3.05) is 11.5 Å². The van der Waals surface area contributed by atoms with Crippen molar-refractivity contribution in [1.29, 1.82) is 0 Å². The third-order valence-corrected chi connectivity index (χ3v) is 22.2. The molecular formula is C58H70Cl4N2O10S2. The number of amides is 2. The predicted molar refractivity (Wildman–Crippen MR) is 301 cm³/mol. The molecule has 4 aliphatic rings. The summed E-state index contributed by atoms with van der Waals surface area (Å²) in [6.45, 7) is 8.74. The highest BCUT2D eigenvalue weighted by Gasteiger charge is 2.56. The molecule has 2 aliphatic carbocycles. The summed E-state index contributed by atoms with van der Waals surface area (Å²) in [7, 11) is -6.96. The van der Waals surface area contributed by atoms with Crippen molar-refractivity contribution < 1.29 is 46.2 Å². The fourth-order valence-corrected chi connectivity index (χ4v) is 16.8. The van der Waals surface area contributed by atoms with Crippen LogP contribution < -0.4 is 0 Å². The maximum absolute atomic E-state index is 14.5. The first-order valence-electron chi connectivity index (χ1n) is 26.4. The number of carbonyl (C=O) groups excluding carboxylic acids is 2. The Bertz CT molecular complexity index is 2970. The van der Waals surface area contributed by atoms with E-state index in [9.17, 15) is 46.2 Å². The van der Waals surface area contributed by atoms with E-state index in [1.165, 1.54) is 0 Å². The Hall–Kier alpha value is -4.18. The number of likely N-dealkylation sites (tertiary alicyclic amines) is 2. The van der Waals surface area contributed by atoms with E-state index < -0.39 is 71.9 Å². The number of hydrogen-bond donors (Lipinski definition) is 2. The second kappa shape index (κ2) is 24.5. The first-order chi connectivity index (χ1) is 35.8. The van der Waals surface area contributed by atoms with E-state index in [4.69, 9.17) is 46.4 Å². The molecule has 4 aromatic carbocycles. The van der Waals surface area contributed by atoms with Crippen LogP contribution >= 0.6 is 46.4 Å². The maximum atomic E-state index is 14.5. The van der Waals surface area contributed by atoms with Crippen molar-refractivity contribution in [1.82, 2.24) is 9.80 Å². The molecule has 2 saturated heterocycles. The molecule has 12 nitrogen and oxygen atoms in total. The van der Waals surface area contributed by atoms with E-state index >= 15 is 0 Å². The topological polar surface area (TPSA) is 183 Å². The molecule has 2 heterocycles. The van der Waals surface area contributed by atoms with E-state index in [0.29, 0.717) is 52.2 Å². The Balaban J connectivity index is 0.000000222. The standard InChI is InChI=1S/C30H35Cl2NO5S.C28H35Cl2NO5S/c1-30(17-27(34)35)16-25(21-5-4-6-23(32)15-21)28(20-11-13-22(31)14-12-20)33(29(30)36)26(19-9-10-19)18-39(37,38)24-7-2-3-8-24;1-5-18(3)37(35,36)17-23(6-2)31-26(19-10-12-21(29)13-11-19)24(20-8-7-9-22(30)14-20)15-28(4,27(31)34)16-25(32)33/h4-6,11-15,19,24-26,28H,2-3,7-10,16-18H2,1H3,(H,34,35);7-14,18,23-24,26H,5-6,15-17H2,1-4H3,(H,32,33). The normalized spacial score (nSPS) is 25.6. The highest BCUT2D eigenvalue weighted by atomic mass is 35.5. The lowest BCUT2D eigenvalue weighted by Crippen LogP contribution is -2.58. The van der Waals surface area contributed by atoms with Crippen LogP contribution in [-0.4, -0.2) is 94.7 Å². The molecule has 0 aromatic heterocycles. The van der Waals surface area contributed by atoms with Crippen LogP contribution in [0.2, 0.25) is 20.1 Å². The Labute approximate surface area is 468 Å². The SMILES string of the molecule is CC1(CC(=O)O)CC(c2cccc(Cl)c2)C(c2ccc(Cl)cc2)N(C(CS(=O)(=O)C2CCCC2)C2CC2)C1=O.CCC(CS(=O)(=O)C(C)CC)N1C(=O)C(C)(CC(=O)O)CC(c2cccc(Cl)c2)C1c1ccc(Cl)cc1. The molecule has 412 valence electrons. The van der Waals surface area contributed by atoms with E-state index in [1.54, 1.807) is 67.0 Å². The molecule has 9 atom stereocenters. The summed E-state index contributed by atoms with van der Waals surface area (Å²) in [5.41, 5.74) is 0.978. The van der Waals surface area contributed by atoms with Crippen LogP contribution in [0.3, 0.4) is 0 Å². The summed E-state index contributed by atoms with van der Waals surface area (Å²) in [5.74, 6) is -3.60. The van der Waals surface area contributed by atoms with Crippen LogP contribution in [-0.2, 0) is 38.9 Å². The molecule has 8 rings (SSSR count). The number of carboxylic acids is 2. The summed E-state index contributed by atoms with van der Waals surface area (Å²) in [6.07, 6.45) is 5.58. The Morgan fingerprint density at radius 3 is 1.43 bits per heavy atom. The summed E-state index contributed by atoms with van der Waals surface area (Å²) >= 11 is 25.2. The van der Waals surface area contributed by atoms with Gasteiger partial charge in [0.05, 0.1) is 57.8 Å². The number of carboxylic acid groups (broad SMARTS) is 2. The molecule has 0 spiro atoms. The molecule has 2 aliphatic heterocycles. The number of piperidine rings is 2. The van der Waals surface area contributed by atoms with Gasteiger partial charge in [-0.15, -0.1) is 0 Å². The van der Waals surface area contributed by atoms with Crippen molar-refractivity contribution in [3.05, 3.63) is 139 Å². The van der Waals surface area contributed by atoms with E-state index in [1.807, 2.05) is 74.5 Å². The number of benzene rings is 4. The minimum absolute atomic E-state index is 0.0621. The van der Waals surface area contributed by atoms with E-state index in [2.05, 4.69) is 0 Å². The Kier molecular flexibility index (Phi) is 19.1. The third-order valence-electron chi connectivity index (χ3n) is 16.5. The first-order valence-corrected chi connectivity index (χ1v) is 31.3. The highest BCUT2D eigenvalue weighted by Crippen LogP contribution is 2.55. The van der Waals surface area contributed by atoms with Crippen LogP contribution in [0.5, 0.6) is 0 Å². The van der Waals surface area contributed by atoms with Gasteiger partial charge in [-0.3, -0.25) is 19.2 Å². The second-order valence-electron chi connectivity index (χ2n) is 22.2. The van der Waals surface area contributed by atoms with Crippen molar-refractivity contribution >= 4 is 89.8 Å². The minimum Gasteiger partial charge on any atom is -0.481 e. The van der Waals surface area contributed by atoms with Crippen LogP contribution in [0.4, 0.5) is 0 Å². The molecule has 18 heteroatoms. The Morgan fingerprint density at radius 2 is 1.04 bits per heavy atom. The number of aliphatic carboxylic acids is 2. The zero-order valence-electron chi connectivity index (χ0n) is 43.7. The molecule has 76 heavy (non-hydrogen) atoms. The van der Waals surface area contributed by atoms with Crippen molar-refractivity contribution in [3.8, 4) is 0 Å². The van der Waals surface area contributed by atoms with Crippen molar-refractivity contribution in [2.24, 2.45) is 16.7 Å². The van der Waals surface area contributed by atoms with Crippen LogP contribution in [0.25, 0.3) is 0 Å². The molecule has 4 fully saturated rings. The highest BCUT2D eigenvalue weighted by molar-refractivity contribution is 7.92. The Morgan fingerprint density at radius 1 is 0.605 bits per heavy atom. The average molecular weight is 1160 g/mol. The number of halogens is 4. The van der Waals surface area contributed by atoms with Crippen LogP contribution in [0.1, 0.15) is 158 Å². The second-order valence-corrected chi connectivity index (χ2v) is 28.7. The van der Waals surface area contributed by atoms with Gasteiger partial charge in [0.25, 0.3) is 0 Å². The molecule has 9 unspecified atom stereocenters. The molecule has 0 radical (unpaired) electrons. The molecule has 4 aromatic rings. The number of hydrogen-bond acceptors (Lipinski definition) is 8. The number of rotatable bonds is 19. The zero-order chi connectivity index (χ0) is 55.5. The summed E-state index contributed by atoms with van der Waals surface area (Å²) < 4.78 is 53.8. The predicted octanol–water partition coefficient (Wildman–Crippen LogP) is 13.2. The summed E-state index contributed by atoms with van der Waals surface area (Å²) in [4.78, 5) is 56.0. The van der Waals surface area contributed by atoms with Gasteiger partial charge in [-0.25, -0.2) is 16.8 Å². The summed E-state index contributed by atoms with van der Waals surface area (Å²) in [6, 6.07) is 27.2. The maximum Gasteiger partial charge on any atom is 0.304 e. The average Bonchev–Trinajstić information content (AvgIpc) is 4.14. The van der Waals surface area contributed by atoms with E-state index in [-0.39, 0.29) is 65.6 Å². The fraction of sp³-hybridized carbons (Fsp3) is 0.517. The van der Waals surface area contributed by atoms with Crippen molar-refractivity contribution in [2.45, 2.75) is 158 Å². The van der Waals surface area contributed by atoms with Crippen LogP contribution in [0.15, 0.2) is 97.1 Å². The first kappa shape index (κ1) is 59.5. The minimum atomic E-state index is -3.51. The third kappa shape index (κ3) is 13.6. The molecular weight excluding hydrogens is 1090 g/mol. The lowest BCUT2D eigenvalue weighted by molar-refractivity contribution is -0.160. The lowest BCUT2D eigenvalue weighted by Gasteiger charge is -2.52. The zero-order valence-corrected chi connectivity index (χ0v) is 48.4. The van der Waals surface area contributed by atoms with Gasteiger partial charge in [-0.05, 0) is 135 Å². The number of carbonyl (C=O) groups is 4. The number of sulfone groups is 2. The van der Waals surface area contributed by atoms with Gasteiger partial charge < -0.3 is 20.0 Å². The number of nitrogens with zero attached hydrogens (tertiary/aromatic N) is 2. The quantitative estimate of drug-likeness (QED) is 0.0916.